The fourth-order valence-corrected chi connectivity index (χ4v) is 4.21. The third kappa shape index (κ3) is 3.86. The minimum Gasteiger partial charge on any atom is -0.468 e. The zero-order valence-corrected chi connectivity index (χ0v) is 15.8. The lowest BCUT2D eigenvalue weighted by molar-refractivity contribution is 0.0716. The third-order valence-corrected chi connectivity index (χ3v) is 5.64. The van der Waals surface area contributed by atoms with Gasteiger partial charge in [0.1, 0.15) is 5.76 Å². The number of carbonyl (C=O) groups is 1. The monoisotopic (exact) mass is 368 g/mol. The van der Waals surface area contributed by atoms with Crippen LogP contribution in [0.5, 0.6) is 0 Å². The van der Waals surface area contributed by atoms with Crippen molar-refractivity contribution in [2.75, 3.05) is 13.1 Å². The minimum atomic E-state index is 0.0976. The summed E-state index contributed by atoms with van der Waals surface area (Å²) in [5.74, 6) is 1.04. The van der Waals surface area contributed by atoms with E-state index < -0.39 is 0 Å². The molecule has 4 rings (SSSR count). The molecule has 1 N–H and O–H groups in total. The van der Waals surface area contributed by atoms with Gasteiger partial charge in [-0.2, -0.15) is 5.10 Å². The molecule has 2 aliphatic rings. The van der Waals surface area contributed by atoms with Gasteiger partial charge in [0.25, 0.3) is 5.91 Å². The molecule has 0 saturated carbocycles. The van der Waals surface area contributed by atoms with Crippen LogP contribution in [-0.4, -0.2) is 39.7 Å². The molecule has 1 saturated heterocycles. The molecule has 1 aliphatic carbocycles. The van der Waals surface area contributed by atoms with Gasteiger partial charge in [0, 0.05) is 30.4 Å². The largest absolute Gasteiger partial charge is 0.468 e. The van der Waals surface area contributed by atoms with Crippen LogP contribution < -0.4 is 5.32 Å². The normalized spacial score (nSPS) is 19.7. The molecule has 0 unspecified atom stereocenters. The second-order valence-corrected chi connectivity index (χ2v) is 7.50. The summed E-state index contributed by atoms with van der Waals surface area (Å²) in [7, 11) is 0. The SMILES string of the molecule is C=CCn1nc(C(=O)N2CCCCC2)c2c1CC[C@H](NCc1ccco1)C2. The van der Waals surface area contributed by atoms with Crippen LogP contribution in [0.15, 0.2) is 35.5 Å². The van der Waals surface area contributed by atoms with Crippen LogP contribution in [0, 0.1) is 0 Å². The second kappa shape index (κ2) is 8.13. The van der Waals surface area contributed by atoms with Crippen LogP contribution >= 0.6 is 0 Å². The van der Waals surface area contributed by atoms with Crippen molar-refractivity contribution >= 4 is 5.91 Å². The van der Waals surface area contributed by atoms with Crippen LogP contribution in [0.1, 0.15) is 53.2 Å². The van der Waals surface area contributed by atoms with Crippen molar-refractivity contribution in [3.63, 3.8) is 0 Å². The maximum absolute atomic E-state index is 13.1. The number of rotatable bonds is 6. The van der Waals surface area contributed by atoms with Gasteiger partial charge >= 0.3 is 0 Å². The van der Waals surface area contributed by atoms with E-state index in [1.807, 2.05) is 27.8 Å². The lowest BCUT2D eigenvalue weighted by atomic mass is 9.91. The molecule has 3 heterocycles. The van der Waals surface area contributed by atoms with Gasteiger partial charge in [-0.05, 0) is 50.7 Å². The first kappa shape index (κ1) is 18.0. The fourth-order valence-electron chi connectivity index (χ4n) is 4.21. The number of piperidine rings is 1. The number of amides is 1. The molecule has 2 aromatic rings. The molecule has 0 aromatic carbocycles. The maximum Gasteiger partial charge on any atom is 0.274 e. The number of aromatic nitrogens is 2. The van der Waals surface area contributed by atoms with Crippen LogP contribution in [0.4, 0.5) is 0 Å². The van der Waals surface area contributed by atoms with Crippen LogP contribution in [0.2, 0.25) is 0 Å². The standard InChI is InChI=1S/C21H28N4O2/c1-2-10-25-19-9-8-16(22-15-17-7-6-13-27-17)14-18(19)20(23-25)21(26)24-11-4-3-5-12-24/h2,6-7,13,16,22H,1,3-5,8-12,14-15H2/t16-/m0/s1. The highest BCUT2D eigenvalue weighted by Crippen LogP contribution is 2.27. The summed E-state index contributed by atoms with van der Waals surface area (Å²) in [4.78, 5) is 15.1. The molecule has 0 radical (unpaired) electrons. The Kier molecular flexibility index (Phi) is 5.43. The van der Waals surface area contributed by atoms with Crippen molar-refractivity contribution in [1.29, 1.82) is 0 Å². The van der Waals surface area contributed by atoms with Crippen molar-refractivity contribution in [2.24, 2.45) is 0 Å². The number of furan rings is 1. The summed E-state index contributed by atoms with van der Waals surface area (Å²) in [6.45, 7) is 6.91. The van der Waals surface area contributed by atoms with Gasteiger partial charge in [-0.15, -0.1) is 6.58 Å². The van der Waals surface area contributed by atoms with E-state index in [0.29, 0.717) is 24.8 Å². The summed E-state index contributed by atoms with van der Waals surface area (Å²) in [5, 5.41) is 8.29. The summed E-state index contributed by atoms with van der Waals surface area (Å²) in [6, 6.07) is 4.22. The first-order chi connectivity index (χ1) is 13.3. The zero-order valence-electron chi connectivity index (χ0n) is 15.8. The highest BCUT2D eigenvalue weighted by atomic mass is 16.3. The number of fused-ring (bicyclic) bond motifs is 1. The van der Waals surface area contributed by atoms with E-state index in [0.717, 1.165) is 56.5 Å². The molecule has 0 spiro atoms. The van der Waals surface area contributed by atoms with Crippen molar-refractivity contribution < 1.29 is 9.21 Å². The summed E-state index contributed by atoms with van der Waals surface area (Å²) in [5.41, 5.74) is 2.97. The van der Waals surface area contributed by atoms with E-state index in [2.05, 4.69) is 11.9 Å². The molecule has 2 aromatic heterocycles. The summed E-state index contributed by atoms with van der Waals surface area (Å²) >= 11 is 0. The van der Waals surface area contributed by atoms with E-state index in [9.17, 15) is 4.79 Å². The fraction of sp³-hybridized carbons (Fsp3) is 0.524. The zero-order chi connectivity index (χ0) is 18.6. The van der Waals surface area contributed by atoms with Crippen molar-refractivity contribution in [1.82, 2.24) is 20.0 Å². The van der Waals surface area contributed by atoms with Crippen LogP contribution in [0.3, 0.4) is 0 Å². The Bertz CT molecular complexity index is 787. The van der Waals surface area contributed by atoms with Gasteiger partial charge in [-0.1, -0.05) is 6.08 Å². The van der Waals surface area contributed by atoms with Crippen molar-refractivity contribution in [3.8, 4) is 0 Å². The number of carbonyl (C=O) groups excluding carboxylic acids is 1. The Morgan fingerprint density at radius 3 is 2.96 bits per heavy atom. The Hall–Kier alpha value is -2.34. The highest BCUT2D eigenvalue weighted by Gasteiger charge is 2.31. The molecule has 6 nitrogen and oxygen atoms in total. The molecule has 0 bridgehead atoms. The Morgan fingerprint density at radius 2 is 2.22 bits per heavy atom. The number of allylic oxidation sites excluding steroid dienone is 1. The molecular weight excluding hydrogens is 340 g/mol. The molecule has 1 atom stereocenters. The molecule has 6 heteroatoms. The molecule has 1 fully saturated rings. The Morgan fingerprint density at radius 1 is 1.37 bits per heavy atom. The Balaban J connectivity index is 1.53. The third-order valence-electron chi connectivity index (χ3n) is 5.64. The average molecular weight is 368 g/mol. The Labute approximate surface area is 160 Å². The van der Waals surface area contributed by atoms with E-state index in [4.69, 9.17) is 9.52 Å². The van der Waals surface area contributed by atoms with E-state index >= 15 is 0 Å². The highest BCUT2D eigenvalue weighted by molar-refractivity contribution is 5.94. The molecule has 1 aliphatic heterocycles. The quantitative estimate of drug-likeness (QED) is 0.797. The van der Waals surface area contributed by atoms with Gasteiger partial charge in [-0.3, -0.25) is 9.48 Å². The molecule has 144 valence electrons. The number of likely N-dealkylation sites (tertiary alicyclic amines) is 1. The number of nitrogens with one attached hydrogen (secondary N) is 1. The maximum atomic E-state index is 13.1. The lowest BCUT2D eigenvalue weighted by Gasteiger charge is -2.27. The number of hydrogen-bond acceptors (Lipinski definition) is 4. The van der Waals surface area contributed by atoms with Gasteiger partial charge in [0.15, 0.2) is 5.69 Å². The molecule has 1 amide bonds. The predicted molar refractivity (Wildman–Crippen MR) is 104 cm³/mol. The van der Waals surface area contributed by atoms with Gasteiger partial charge in [0.05, 0.1) is 19.4 Å². The van der Waals surface area contributed by atoms with Gasteiger partial charge < -0.3 is 14.6 Å². The van der Waals surface area contributed by atoms with Crippen LogP contribution in [0.25, 0.3) is 0 Å². The number of nitrogens with zero attached hydrogens (tertiary/aromatic N) is 3. The van der Waals surface area contributed by atoms with Crippen LogP contribution in [-0.2, 0) is 25.9 Å². The number of hydrogen-bond donors (Lipinski definition) is 1. The minimum absolute atomic E-state index is 0.0976. The van der Waals surface area contributed by atoms with E-state index in [1.54, 1.807) is 6.26 Å². The lowest BCUT2D eigenvalue weighted by Crippen LogP contribution is -2.38. The summed E-state index contributed by atoms with van der Waals surface area (Å²) < 4.78 is 7.40. The summed E-state index contributed by atoms with van der Waals surface area (Å²) in [6.07, 6.45) is 9.75. The van der Waals surface area contributed by atoms with Gasteiger partial charge in [0.2, 0.25) is 0 Å². The first-order valence-corrected chi connectivity index (χ1v) is 10.0. The predicted octanol–water partition coefficient (Wildman–Crippen LogP) is 2.94. The van der Waals surface area contributed by atoms with E-state index in [1.165, 1.54) is 12.1 Å². The van der Waals surface area contributed by atoms with Crippen molar-refractivity contribution in [3.05, 3.63) is 53.8 Å². The van der Waals surface area contributed by atoms with Crippen molar-refractivity contribution in [2.45, 2.75) is 57.7 Å². The molecular formula is C21H28N4O2. The average Bonchev–Trinajstić information content (AvgIpc) is 3.35. The first-order valence-electron chi connectivity index (χ1n) is 10.0. The second-order valence-electron chi connectivity index (χ2n) is 7.50. The molecule has 27 heavy (non-hydrogen) atoms. The van der Waals surface area contributed by atoms with E-state index in [-0.39, 0.29) is 5.91 Å². The van der Waals surface area contributed by atoms with Gasteiger partial charge in [-0.25, -0.2) is 0 Å². The topological polar surface area (TPSA) is 63.3 Å². The smallest absolute Gasteiger partial charge is 0.274 e.